The molecular formula is C15H23N3O2. The second kappa shape index (κ2) is 7.28. The maximum absolute atomic E-state index is 12.0. The van der Waals surface area contributed by atoms with Crippen molar-refractivity contribution in [3.8, 4) is 6.07 Å². The number of carbonyl (C=O) groups is 2. The Morgan fingerprint density at radius 1 is 1.15 bits per heavy atom. The molecule has 0 aromatic rings. The first-order valence-corrected chi connectivity index (χ1v) is 7.63. The van der Waals surface area contributed by atoms with Crippen molar-refractivity contribution < 1.29 is 9.59 Å². The highest BCUT2D eigenvalue weighted by molar-refractivity contribution is 5.78. The van der Waals surface area contributed by atoms with E-state index in [9.17, 15) is 9.59 Å². The van der Waals surface area contributed by atoms with Crippen LogP contribution in [0.5, 0.6) is 0 Å². The molecule has 1 heterocycles. The average molecular weight is 277 g/mol. The van der Waals surface area contributed by atoms with Gasteiger partial charge in [-0.3, -0.25) is 9.59 Å². The molecule has 0 atom stereocenters. The number of nitrogens with zero attached hydrogens (tertiary/aromatic N) is 2. The van der Waals surface area contributed by atoms with Crippen LogP contribution in [0.25, 0.3) is 0 Å². The van der Waals surface area contributed by atoms with Gasteiger partial charge < -0.3 is 10.2 Å². The molecule has 2 rings (SSSR count). The molecule has 0 aromatic heterocycles. The predicted octanol–water partition coefficient (Wildman–Crippen LogP) is 1.59. The zero-order chi connectivity index (χ0) is 14.4. The Labute approximate surface area is 120 Å². The monoisotopic (exact) mass is 277 g/mol. The number of nitriles is 1. The molecule has 1 N–H and O–H groups in total. The third-order valence-electron chi connectivity index (χ3n) is 4.39. The SMILES string of the molecule is N#CCC(=O)N1CCC(NC(=O)CC2CCCC2)CC1. The highest BCUT2D eigenvalue weighted by atomic mass is 16.2. The van der Waals surface area contributed by atoms with Gasteiger partial charge in [-0.05, 0) is 31.6 Å². The molecule has 0 aromatic carbocycles. The Morgan fingerprint density at radius 2 is 1.80 bits per heavy atom. The van der Waals surface area contributed by atoms with Crippen LogP contribution >= 0.6 is 0 Å². The van der Waals surface area contributed by atoms with E-state index in [2.05, 4.69) is 5.32 Å². The van der Waals surface area contributed by atoms with E-state index in [0.29, 0.717) is 25.4 Å². The molecule has 0 unspecified atom stereocenters. The summed E-state index contributed by atoms with van der Waals surface area (Å²) in [7, 11) is 0. The molecule has 1 aliphatic carbocycles. The fourth-order valence-electron chi connectivity index (χ4n) is 3.22. The van der Waals surface area contributed by atoms with Crippen LogP contribution in [-0.4, -0.2) is 35.8 Å². The van der Waals surface area contributed by atoms with Crippen molar-refractivity contribution >= 4 is 11.8 Å². The summed E-state index contributed by atoms with van der Waals surface area (Å²) in [6, 6.07) is 2.08. The third kappa shape index (κ3) is 4.22. The minimum atomic E-state index is -0.0942. The first-order valence-electron chi connectivity index (χ1n) is 7.63. The van der Waals surface area contributed by atoms with Crippen LogP contribution in [0.15, 0.2) is 0 Å². The van der Waals surface area contributed by atoms with Gasteiger partial charge in [-0.2, -0.15) is 5.26 Å². The molecule has 0 radical (unpaired) electrons. The van der Waals surface area contributed by atoms with Crippen molar-refractivity contribution in [1.82, 2.24) is 10.2 Å². The van der Waals surface area contributed by atoms with E-state index < -0.39 is 0 Å². The lowest BCUT2D eigenvalue weighted by Gasteiger charge is -2.32. The quantitative estimate of drug-likeness (QED) is 0.848. The first kappa shape index (κ1) is 14.8. The van der Waals surface area contributed by atoms with Crippen LogP contribution in [0, 0.1) is 17.2 Å². The smallest absolute Gasteiger partial charge is 0.236 e. The summed E-state index contributed by atoms with van der Waals surface area (Å²) in [6.07, 6.45) is 7.12. The van der Waals surface area contributed by atoms with Crippen LogP contribution in [0.3, 0.4) is 0 Å². The van der Waals surface area contributed by atoms with Gasteiger partial charge in [-0.25, -0.2) is 0 Å². The van der Waals surface area contributed by atoms with E-state index in [0.717, 1.165) is 12.8 Å². The second-order valence-corrected chi connectivity index (χ2v) is 5.91. The summed E-state index contributed by atoms with van der Waals surface area (Å²) in [6.45, 7) is 1.30. The van der Waals surface area contributed by atoms with E-state index >= 15 is 0 Å². The molecule has 5 heteroatoms. The Balaban J connectivity index is 1.67. The minimum absolute atomic E-state index is 0.0430. The number of hydrogen-bond donors (Lipinski definition) is 1. The molecule has 0 bridgehead atoms. The Bertz CT molecular complexity index is 388. The van der Waals surface area contributed by atoms with E-state index in [1.165, 1.54) is 25.7 Å². The lowest BCUT2D eigenvalue weighted by molar-refractivity contribution is -0.131. The largest absolute Gasteiger partial charge is 0.353 e. The second-order valence-electron chi connectivity index (χ2n) is 5.91. The molecule has 0 spiro atoms. The maximum atomic E-state index is 12.0. The summed E-state index contributed by atoms with van der Waals surface area (Å²) in [4.78, 5) is 25.2. The van der Waals surface area contributed by atoms with Gasteiger partial charge in [0.1, 0.15) is 6.42 Å². The van der Waals surface area contributed by atoms with Gasteiger partial charge in [-0.15, -0.1) is 0 Å². The fraction of sp³-hybridized carbons (Fsp3) is 0.800. The van der Waals surface area contributed by atoms with E-state index in [1.54, 1.807) is 4.90 Å². The van der Waals surface area contributed by atoms with Crippen molar-refractivity contribution in [3.63, 3.8) is 0 Å². The zero-order valence-corrected chi connectivity index (χ0v) is 11.9. The van der Waals surface area contributed by atoms with Gasteiger partial charge >= 0.3 is 0 Å². The number of rotatable bonds is 4. The van der Waals surface area contributed by atoms with E-state index in [1.807, 2.05) is 6.07 Å². The molecule has 110 valence electrons. The molecule has 5 nitrogen and oxygen atoms in total. The van der Waals surface area contributed by atoms with Crippen molar-refractivity contribution in [2.75, 3.05) is 13.1 Å². The molecule has 1 aliphatic heterocycles. The lowest BCUT2D eigenvalue weighted by Crippen LogP contribution is -2.46. The molecule has 2 aliphatic rings. The molecule has 1 saturated heterocycles. The zero-order valence-electron chi connectivity index (χ0n) is 11.9. The highest BCUT2D eigenvalue weighted by Crippen LogP contribution is 2.27. The van der Waals surface area contributed by atoms with Crippen molar-refractivity contribution in [2.24, 2.45) is 5.92 Å². The standard InChI is InChI=1S/C15H23N3O2/c16-8-5-15(20)18-9-6-13(7-10-18)17-14(19)11-12-3-1-2-4-12/h12-13H,1-7,9-11H2,(H,17,19). The molecule has 20 heavy (non-hydrogen) atoms. The Hall–Kier alpha value is -1.57. The van der Waals surface area contributed by atoms with Crippen molar-refractivity contribution in [3.05, 3.63) is 0 Å². The fourth-order valence-corrected chi connectivity index (χ4v) is 3.22. The number of hydrogen-bond acceptors (Lipinski definition) is 3. The van der Waals surface area contributed by atoms with Crippen LogP contribution in [0.4, 0.5) is 0 Å². The van der Waals surface area contributed by atoms with Crippen LogP contribution in [-0.2, 0) is 9.59 Å². The Morgan fingerprint density at radius 3 is 2.40 bits per heavy atom. The number of nitrogens with one attached hydrogen (secondary N) is 1. The summed E-state index contributed by atoms with van der Waals surface area (Å²) in [5.41, 5.74) is 0. The lowest BCUT2D eigenvalue weighted by atomic mass is 10.0. The number of carbonyl (C=O) groups excluding carboxylic acids is 2. The summed E-state index contributed by atoms with van der Waals surface area (Å²) in [5.74, 6) is 0.647. The summed E-state index contributed by atoms with van der Waals surface area (Å²) >= 11 is 0. The normalized spacial score (nSPS) is 20.6. The third-order valence-corrected chi connectivity index (χ3v) is 4.39. The van der Waals surface area contributed by atoms with Gasteiger partial charge in [0.15, 0.2) is 0 Å². The van der Waals surface area contributed by atoms with Crippen LogP contribution < -0.4 is 5.32 Å². The van der Waals surface area contributed by atoms with Gasteiger partial charge in [-0.1, -0.05) is 12.8 Å². The summed E-state index contributed by atoms with van der Waals surface area (Å²) in [5, 5.41) is 11.6. The predicted molar refractivity (Wildman–Crippen MR) is 74.5 cm³/mol. The number of piperidine rings is 1. The van der Waals surface area contributed by atoms with E-state index in [4.69, 9.17) is 5.26 Å². The Kier molecular flexibility index (Phi) is 5.40. The average Bonchev–Trinajstić information content (AvgIpc) is 2.92. The maximum Gasteiger partial charge on any atom is 0.236 e. The van der Waals surface area contributed by atoms with Crippen LogP contribution in [0.2, 0.25) is 0 Å². The topological polar surface area (TPSA) is 73.2 Å². The van der Waals surface area contributed by atoms with Gasteiger partial charge in [0, 0.05) is 25.6 Å². The van der Waals surface area contributed by atoms with Gasteiger partial charge in [0.25, 0.3) is 0 Å². The van der Waals surface area contributed by atoms with Gasteiger partial charge in [0.05, 0.1) is 6.07 Å². The highest BCUT2D eigenvalue weighted by Gasteiger charge is 2.25. The van der Waals surface area contributed by atoms with Crippen molar-refractivity contribution in [1.29, 1.82) is 5.26 Å². The molecule has 2 fully saturated rings. The van der Waals surface area contributed by atoms with E-state index in [-0.39, 0.29) is 24.3 Å². The number of likely N-dealkylation sites (tertiary alicyclic amines) is 1. The van der Waals surface area contributed by atoms with Crippen molar-refractivity contribution in [2.45, 2.75) is 57.4 Å². The van der Waals surface area contributed by atoms with Gasteiger partial charge in [0.2, 0.25) is 11.8 Å². The summed E-state index contributed by atoms with van der Waals surface area (Å²) < 4.78 is 0. The minimum Gasteiger partial charge on any atom is -0.353 e. The molecule has 1 saturated carbocycles. The molecular weight excluding hydrogens is 254 g/mol. The van der Waals surface area contributed by atoms with Crippen LogP contribution in [0.1, 0.15) is 51.4 Å². The molecule has 2 amide bonds. The first-order chi connectivity index (χ1) is 9.69. The number of amides is 2.